The van der Waals surface area contributed by atoms with Gasteiger partial charge in [0.05, 0.1) is 52.9 Å². The molecule has 0 unspecified atom stereocenters. The zero-order valence-electron chi connectivity index (χ0n) is 21.8. The van der Waals surface area contributed by atoms with Crippen molar-refractivity contribution in [2.45, 2.75) is 0 Å². The smallest absolute Gasteiger partial charge is 0.258 e. The summed E-state index contributed by atoms with van der Waals surface area (Å²) in [7, 11) is -6.27. The fraction of sp³-hybridized carbons (Fsp3) is 0.818. The average molecular weight is 617 g/mol. The van der Waals surface area contributed by atoms with Crippen LogP contribution in [0, 0.1) is 0 Å². The second-order valence-corrected chi connectivity index (χ2v) is 15.9. The molecule has 0 aromatic carbocycles. The van der Waals surface area contributed by atoms with E-state index in [2.05, 4.69) is 10.6 Å². The van der Waals surface area contributed by atoms with E-state index in [-0.39, 0.29) is 0 Å². The lowest BCUT2D eigenvalue weighted by atomic mass is 10.5. The minimum absolute atomic E-state index is 0.291. The Morgan fingerprint density at radius 1 is 0.553 bits per heavy atom. The Balaban J connectivity index is 1.34. The standard InChI is InChI=1S/C22H40Cl2N6O6P2/c23-21(37(31,27-3-11-33-12-4-27)28-5-13-34-14-6-28)19-25-1-2-26-20-22(24)38(32,29-7-15-35-16-8-29)30-9-17-36-18-10-30/h19-20,25-26H,1-18H2. The van der Waals surface area contributed by atoms with Gasteiger partial charge in [0.15, 0.2) is 0 Å². The van der Waals surface area contributed by atoms with Crippen molar-refractivity contribution in [2.75, 3.05) is 118 Å². The quantitative estimate of drug-likeness (QED) is 0.262. The van der Waals surface area contributed by atoms with Crippen molar-refractivity contribution in [3.05, 3.63) is 21.9 Å². The lowest BCUT2D eigenvalue weighted by Gasteiger charge is -2.41. The molecule has 4 rings (SSSR count). The first-order chi connectivity index (χ1) is 18.5. The van der Waals surface area contributed by atoms with E-state index in [1.165, 1.54) is 0 Å². The van der Waals surface area contributed by atoms with Crippen molar-refractivity contribution < 1.29 is 28.1 Å². The maximum Gasteiger partial charge on any atom is 0.258 e. The van der Waals surface area contributed by atoms with Crippen LogP contribution in [-0.4, -0.2) is 137 Å². The number of nitrogens with one attached hydrogen (secondary N) is 2. The van der Waals surface area contributed by atoms with Gasteiger partial charge in [0.2, 0.25) is 0 Å². The van der Waals surface area contributed by atoms with Gasteiger partial charge in [0.25, 0.3) is 14.9 Å². The molecule has 12 nitrogen and oxygen atoms in total. The van der Waals surface area contributed by atoms with Crippen LogP contribution in [0.4, 0.5) is 0 Å². The number of morpholine rings is 4. The van der Waals surface area contributed by atoms with Crippen LogP contribution in [0.3, 0.4) is 0 Å². The maximum atomic E-state index is 14.2. The van der Waals surface area contributed by atoms with Crippen LogP contribution in [0.5, 0.6) is 0 Å². The molecule has 16 heteroatoms. The lowest BCUT2D eigenvalue weighted by molar-refractivity contribution is 0.0535. The van der Waals surface area contributed by atoms with Crippen molar-refractivity contribution >= 4 is 38.1 Å². The summed E-state index contributed by atoms with van der Waals surface area (Å²) in [6.45, 7) is 9.76. The second kappa shape index (κ2) is 15.1. The van der Waals surface area contributed by atoms with E-state index in [9.17, 15) is 9.13 Å². The van der Waals surface area contributed by atoms with Crippen LogP contribution in [0.2, 0.25) is 0 Å². The van der Waals surface area contributed by atoms with Crippen LogP contribution in [0.15, 0.2) is 21.9 Å². The Morgan fingerprint density at radius 3 is 1.03 bits per heavy atom. The van der Waals surface area contributed by atoms with Gasteiger partial charge in [-0.25, -0.2) is 18.7 Å². The fourth-order valence-electron chi connectivity index (χ4n) is 4.82. The van der Waals surface area contributed by atoms with Crippen LogP contribution in [0.1, 0.15) is 0 Å². The van der Waals surface area contributed by atoms with Gasteiger partial charge in [-0.1, -0.05) is 23.2 Å². The van der Waals surface area contributed by atoms with Crippen molar-refractivity contribution in [1.82, 2.24) is 29.3 Å². The molecule has 0 bridgehead atoms. The monoisotopic (exact) mass is 616 g/mol. The van der Waals surface area contributed by atoms with Crippen molar-refractivity contribution in [3.63, 3.8) is 0 Å². The highest BCUT2D eigenvalue weighted by Crippen LogP contribution is 2.62. The molecule has 2 N–H and O–H groups in total. The largest absolute Gasteiger partial charge is 0.388 e. The van der Waals surface area contributed by atoms with Crippen LogP contribution < -0.4 is 10.6 Å². The molecule has 4 aliphatic heterocycles. The number of nitrogens with zero attached hydrogens (tertiary/aromatic N) is 4. The summed E-state index contributed by atoms with van der Waals surface area (Å²) in [5.74, 6) is 0. The van der Waals surface area contributed by atoms with Gasteiger partial charge in [0, 0.05) is 77.8 Å². The summed E-state index contributed by atoms with van der Waals surface area (Å²) in [5.41, 5.74) is 0. The molecule has 0 aromatic rings. The van der Waals surface area contributed by atoms with Crippen LogP contribution in [-0.2, 0) is 28.1 Å². The Bertz CT molecular complexity index is 791. The Labute approximate surface area is 235 Å². The lowest BCUT2D eigenvalue weighted by Crippen LogP contribution is -2.43. The van der Waals surface area contributed by atoms with E-state index in [4.69, 9.17) is 42.1 Å². The molecule has 4 aliphatic rings. The summed E-state index contributed by atoms with van der Waals surface area (Å²) in [4.78, 5) is 0. The first-order valence-corrected chi connectivity index (χ1v) is 17.2. The highest BCUT2D eigenvalue weighted by molar-refractivity contribution is 7.66. The molecule has 0 atom stereocenters. The molecule has 0 spiro atoms. The zero-order chi connectivity index (χ0) is 26.8. The van der Waals surface area contributed by atoms with Gasteiger partial charge in [-0.15, -0.1) is 0 Å². The number of ether oxygens (including phenoxy) is 4. The van der Waals surface area contributed by atoms with Crippen LogP contribution in [0.25, 0.3) is 0 Å². The zero-order valence-corrected chi connectivity index (χ0v) is 25.1. The van der Waals surface area contributed by atoms with Crippen LogP contribution >= 0.6 is 38.1 Å². The molecule has 0 aliphatic carbocycles. The number of rotatable bonds is 11. The molecule has 4 fully saturated rings. The Hall–Kier alpha value is -0.200. The van der Waals surface area contributed by atoms with E-state index in [0.717, 1.165) is 0 Å². The molecule has 38 heavy (non-hydrogen) atoms. The number of hydrogen-bond acceptors (Lipinski definition) is 8. The van der Waals surface area contributed by atoms with Crippen molar-refractivity contribution in [3.8, 4) is 0 Å². The fourth-order valence-corrected chi connectivity index (χ4v) is 11.4. The Morgan fingerprint density at radius 2 is 0.789 bits per heavy atom. The van der Waals surface area contributed by atoms with Gasteiger partial charge in [-0.2, -0.15) is 0 Å². The van der Waals surface area contributed by atoms with Gasteiger partial charge in [-0.05, 0) is 0 Å². The van der Waals surface area contributed by atoms with Gasteiger partial charge in [-0.3, -0.25) is 9.13 Å². The second-order valence-electron chi connectivity index (χ2n) is 9.19. The number of halogens is 2. The molecule has 0 aromatic heterocycles. The highest BCUT2D eigenvalue weighted by Gasteiger charge is 2.43. The third-order valence-electron chi connectivity index (χ3n) is 6.90. The van der Waals surface area contributed by atoms with E-state index < -0.39 is 14.9 Å². The molecule has 0 saturated carbocycles. The minimum atomic E-state index is -3.14. The summed E-state index contributed by atoms with van der Waals surface area (Å²) in [6.07, 6.45) is 3.26. The molecular formula is C22H40Cl2N6O6P2. The predicted octanol–water partition coefficient (Wildman–Crippen LogP) is 1.96. The molecule has 218 valence electrons. The van der Waals surface area contributed by atoms with E-state index in [1.807, 2.05) is 18.7 Å². The third kappa shape index (κ3) is 7.35. The molecule has 4 heterocycles. The van der Waals surface area contributed by atoms with Gasteiger partial charge in [0.1, 0.15) is 9.55 Å². The van der Waals surface area contributed by atoms with E-state index >= 15 is 0 Å². The average Bonchev–Trinajstić information content (AvgIpc) is 2.99. The van der Waals surface area contributed by atoms with Crippen molar-refractivity contribution in [2.24, 2.45) is 0 Å². The summed E-state index contributed by atoms with van der Waals surface area (Å²) < 4.78 is 58.7. The first-order valence-electron chi connectivity index (χ1n) is 13.2. The summed E-state index contributed by atoms with van der Waals surface area (Å²) in [5, 5.41) is 6.34. The SMILES string of the molecule is O=P(C(Cl)=CNCCNC=C(Cl)P(=O)(N1CCOCC1)N1CCOCC1)(N1CCOCC1)N1CCOCC1. The van der Waals surface area contributed by atoms with E-state index in [1.54, 1.807) is 12.4 Å². The molecule has 4 saturated heterocycles. The highest BCUT2D eigenvalue weighted by atomic mass is 35.5. The van der Waals surface area contributed by atoms with E-state index in [0.29, 0.717) is 128 Å². The molecule has 0 radical (unpaired) electrons. The Kier molecular flexibility index (Phi) is 12.3. The maximum absolute atomic E-state index is 14.2. The number of hydrogen-bond donors (Lipinski definition) is 2. The minimum Gasteiger partial charge on any atom is -0.388 e. The first kappa shape index (κ1) is 30.8. The molecular weight excluding hydrogens is 577 g/mol. The van der Waals surface area contributed by atoms with Crippen molar-refractivity contribution in [1.29, 1.82) is 0 Å². The van der Waals surface area contributed by atoms with Gasteiger partial charge >= 0.3 is 0 Å². The normalized spacial score (nSPS) is 24.9. The molecule has 0 amide bonds. The predicted molar refractivity (Wildman–Crippen MR) is 149 cm³/mol. The summed E-state index contributed by atoms with van der Waals surface area (Å²) >= 11 is 13.4. The van der Waals surface area contributed by atoms with Gasteiger partial charge < -0.3 is 29.6 Å². The summed E-state index contributed by atoms with van der Waals surface area (Å²) in [6, 6.07) is 0. The third-order valence-corrected chi connectivity index (χ3v) is 14.5. The topological polar surface area (TPSA) is 108 Å².